The first-order chi connectivity index (χ1) is 8.42. The molecule has 2 rings (SSSR count). The summed E-state index contributed by atoms with van der Waals surface area (Å²) in [6.07, 6.45) is 5.11. The van der Waals surface area contributed by atoms with Crippen molar-refractivity contribution in [3.05, 3.63) is 0 Å². The first-order valence-electron chi connectivity index (χ1n) is 6.58. The van der Waals surface area contributed by atoms with E-state index in [1.54, 1.807) is 13.8 Å². The van der Waals surface area contributed by atoms with Gasteiger partial charge in [0.25, 0.3) is 5.91 Å². The van der Waals surface area contributed by atoms with Gasteiger partial charge in [-0.3, -0.25) is 14.5 Å². The van der Waals surface area contributed by atoms with Gasteiger partial charge in [-0.25, -0.2) is 4.79 Å². The van der Waals surface area contributed by atoms with Gasteiger partial charge in [0.1, 0.15) is 5.54 Å². The minimum atomic E-state index is -0.885. The van der Waals surface area contributed by atoms with Crippen LogP contribution in [0.1, 0.15) is 46.0 Å². The van der Waals surface area contributed by atoms with Crippen molar-refractivity contribution in [2.24, 2.45) is 5.92 Å². The number of imide groups is 1. The van der Waals surface area contributed by atoms with E-state index in [4.69, 9.17) is 0 Å². The largest absolute Gasteiger partial charge is 0.325 e. The molecule has 1 N–H and O–H groups in total. The Morgan fingerprint density at radius 1 is 1.28 bits per heavy atom. The van der Waals surface area contributed by atoms with Crippen molar-refractivity contribution in [2.75, 3.05) is 6.54 Å². The van der Waals surface area contributed by atoms with Crippen LogP contribution in [0, 0.1) is 5.92 Å². The van der Waals surface area contributed by atoms with Crippen LogP contribution in [0.4, 0.5) is 4.79 Å². The Balaban J connectivity index is 1.99. The highest BCUT2D eigenvalue weighted by Gasteiger charge is 2.45. The smallest absolute Gasteiger partial charge is 0.324 e. The lowest BCUT2D eigenvalue weighted by atomic mass is 9.86. The fourth-order valence-electron chi connectivity index (χ4n) is 2.67. The van der Waals surface area contributed by atoms with E-state index in [2.05, 4.69) is 5.32 Å². The minimum absolute atomic E-state index is 0.0240. The number of rotatable bonds is 3. The van der Waals surface area contributed by atoms with E-state index in [1.165, 1.54) is 6.42 Å². The molecule has 0 aromatic rings. The second kappa shape index (κ2) is 4.71. The number of amides is 3. The van der Waals surface area contributed by atoms with E-state index in [9.17, 15) is 14.4 Å². The van der Waals surface area contributed by atoms with Gasteiger partial charge in [-0.15, -0.1) is 0 Å². The zero-order valence-corrected chi connectivity index (χ0v) is 11.0. The van der Waals surface area contributed by atoms with Crippen LogP contribution >= 0.6 is 0 Å². The molecular formula is C13H20N2O3. The summed E-state index contributed by atoms with van der Waals surface area (Å²) in [5, 5.41) is 2.59. The third-order valence-electron chi connectivity index (χ3n) is 3.82. The van der Waals surface area contributed by atoms with E-state index < -0.39 is 11.6 Å². The molecule has 1 saturated heterocycles. The standard InChI is InChI=1S/C13H20N2O3/c1-13(2)11(17)15(12(18)14-13)8-10(16)9-6-4-3-5-7-9/h9H,3-8H2,1-2H3,(H,14,18). The third-order valence-corrected chi connectivity index (χ3v) is 3.82. The quantitative estimate of drug-likeness (QED) is 0.773. The normalized spacial score (nSPS) is 24.2. The van der Waals surface area contributed by atoms with Gasteiger partial charge in [-0.2, -0.15) is 0 Å². The Hall–Kier alpha value is -1.39. The average molecular weight is 252 g/mol. The Bertz CT molecular complexity index is 384. The molecule has 0 atom stereocenters. The molecule has 0 radical (unpaired) electrons. The number of urea groups is 1. The van der Waals surface area contributed by atoms with E-state index >= 15 is 0 Å². The van der Waals surface area contributed by atoms with Gasteiger partial charge in [-0.05, 0) is 26.7 Å². The monoisotopic (exact) mass is 252 g/mol. The van der Waals surface area contributed by atoms with Crippen LogP contribution in [-0.4, -0.2) is 34.7 Å². The molecule has 2 aliphatic rings. The predicted molar refractivity (Wildman–Crippen MR) is 65.9 cm³/mol. The SMILES string of the molecule is CC1(C)NC(=O)N(CC(=O)C2CCCCC2)C1=O. The van der Waals surface area contributed by atoms with E-state index in [1.807, 2.05) is 0 Å². The maximum Gasteiger partial charge on any atom is 0.325 e. The van der Waals surface area contributed by atoms with Crippen molar-refractivity contribution in [1.82, 2.24) is 10.2 Å². The van der Waals surface area contributed by atoms with E-state index in [-0.39, 0.29) is 24.2 Å². The Morgan fingerprint density at radius 2 is 1.89 bits per heavy atom. The zero-order chi connectivity index (χ0) is 13.3. The van der Waals surface area contributed by atoms with Crippen LogP contribution in [0.15, 0.2) is 0 Å². The molecular weight excluding hydrogens is 232 g/mol. The molecule has 0 unspecified atom stereocenters. The van der Waals surface area contributed by atoms with Crippen LogP contribution in [0.5, 0.6) is 0 Å². The summed E-state index contributed by atoms with van der Waals surface area (Å²) < 4.78 is 0. The van der Waals surface area contributed by atoms with Crippen LogP contribution in [0.25, 0.3) is 0 Å². The summed E-state index contributed by atoms with van der Waals surface area (Å²) in [6, 6.07) is -0.450. The Labute approximate surface area is 107 Å². The fourth-order valence-corrected chi connectivity index (χ4v) is 2.67. The molecule has 0 aromatic heterocycles. The van der Waals surface area contributed by atoms with Gasteiger partial charge in [0, 0.05) is 5.92 Å². The number of Topliss-reactive ketones (excluding diaryl/α,β-unsaturated/α-hetero) is 1. The van der Waals surface area contributed by atoms with Crippen LogP contribution < -0.4 is 5.32 Å². The van der Waals surface area contributed by atoms with Crippen molar-refractivity contribution in [2.45, 2.75) is 51.5 Å². The van der Waals surface area contributed by atoms with Crippen LogP contribution in [0.2, 0.25) is 0 Å². The molecule has 0 bridgehead atoms. The van der Waals surface area contributed by atoms with Crippen molar-refractivity contribution >= 4 is 17.7 Å². The van der Waals surface area contributed by atoms with E-state index in [0.717, 1.165) is 30.6 Å². The zero-order valence-electron chi connectivity index (χ0n) is 11.0. The van der Waals surface area contributed by atoms with Crippen molar-refractivity contribution in [3.8, 4) is 0 Å². The Morgan fingerprint density at radius 3 is 2.39 bits per heavy atom. The molecule has 1 aliphatic heterocycles. The first kappa shape index (κ1) is 13.1. The van der Waals surface area contributed by atoms with Gasteiger partial charge >= 0.3 is 6.03 Å². The second-order valence-electron chi connectivity index (χ2n) is 5.75. The summed E-state index contributed by atoms with van der Waals surface area (Å²) in [5.74, 6) is -0.254. The lowest BCUT2D eigenvalue weighted by Crippen LogP contribution is -2.41. The number of nitrogens with zero attached hydrogens (tertiary/aromatic N) is 1. The number of ketones is 1. The molecule has 2 fully saturated rings. The van der Waals surface area contributed by atoms with Crippen LogP contribution in [0.3, 0.4) is 0 Å². The number of hydrogen-bond acceptors (Lipinski definition) is 3. The molecule has 100 valence electrons. The van der Waals surface area contributed by atoms with Gasteiger partial charge < -0.3 is 5.32 Å². The summed E-state index contributed by atoms with van der Waals surface area (Å²) in [6.45, 7) is 3.23. The van der Waals surface area contributed by atoms with Crippen molar-refractivity contribution in [3.63, 3.8) is 0 Å². The summed E-state index contributed by atoms with van der Waals surface area (Å²) in [7, 11) is 0. The highest BCUT2D eigenvalue weighted by Crippen LogP contribution is 2.25. The van der Waals surface area contributed by atoms with Crippen LogP contribution in [-0.2, 0) is 9.59 Å². The summed E-state index contributed by atoms with van der Waals surface area (Å²) >= 11 is 0. The number of carbonyl (C=O) groups excluding carboxylic acids is 3. The molecule has 5 nitrogen and oxygen atoms in total. The van der Waals surface area contributed by atoms with Gasteiger partial charge in [0.15, 0.2) is 5.78 Å². The molecule has 1 aliphatic carbocycles. The number of carbonyl (C=O) groups is 3. The van der Waals surface area contributed by atoms with Crippen molar-refractivity contribution in [1.29, 1.82) is 0 Å². The van der Waals surface area contributed by atoms with Gasteiger partial charge in [-0.1, -0.05) is 19.3 Å². The number of nitrogens with one attached hydrogen (secondary N) is 1. The molecule has 1 saturated carbocycles. The fraction of sp³-hybridized carbons (Fsp3) is 0.769. The third kappa shape index (κ3) is 2.40. The predicted octanol–water partition coefficient (Wildman–Crippen LogP) is 1.47. The lowest BCUT2D eigenvalue weighted by molar-refractivity contribution is -0.135. The van der Waals surface area contributed by atoms with E-state index in [0.29, 0.717) is 0 Å². The minimum Gasteiger partial charge on any atom is -0.324 e. The van der Waals surface area contributed by atoms with Gasteiger partial charge in [0.2, 0.25) is 0 Å². The first-order valence-corrected chi connectivity index (χ1v) is 6.58. The summed E-state index contributed by atoms with van der Waals surface area (Å²) in [5.41, 5.74) is -0.885. The maximum absolute atomic E-state index is 12.1. The Kier molecular flexibility index (Phi) is 3.41. The second-order valence-corrected chi connectivity index (χ2v) is 5.75. The maximum atomic E-state index is 12.1. The van der Waals surface area contributed by atoms with Gasteiger partial charge in [0.05, 0.1) is 6.54 Å². The molecule has 3 amide bonds. The topological polar surface area (TPSA) is 66.5 Å². The van der Waals surface area contributed by atoms with Crippen molar-refractivity contribution < 1.29 is 14.4 Å². The molecule has 5 heteroatoms. The molecule has 0 aromatic carbocycles. The number of hydrogen-bond donors (Lipinski definition) is 1. The molecule has 0 spiro atoms. The average Bonchev–Trinajstić information content (AvgIpc) is 2.52. The summed E-state index contributed by atoms with van der Waals surface area (Å²) in [4.78, 5) is 36.7. The lowest BCUT2D eigenvalue weighted by Gasteiger charge is -2.22. The molecule has 1 heterocycles. The molecule has 18 heavy (non-hydrogen) atoms. The highest BCUT2D eigenvalue weighted by molar-refractivity contribution is 6.08. The highest BCUT2D eigenvalue weighted by atomic mass is 16.2.